The van der Waals surface area contributed by atoms with Crippen molar-refractivity contribution in [3.05, 3.63) is 34.9 Å². The molecule has 1 N–H and O–H groups in total. The zero-order valence-electron chi connectivity index (χ0n) is 8.48. The van der Waals surface area contributed by atoms with Crippen molar-refractivity contribution in [2.75, 3.05) is 12.5 Å². The molecule has 0 radical (unpaired) electrons. The molecular weight excluding hydrogens is 217 g/mol. The first kappa shape index (κ1) is 11.8. The van der Waals surface area contributed by atoms with E-state index in [-0.39, 0.29) is 5.41 Å². The van der Waals surface area contributed by atoms with E-state index in [0.29, 0.717) is 6.00 Å². The Morgan fingerprint density at radius 1 is 1.21 bits per heavy atom. The maximum absolute atomic E-state index is 5.83. The Kier molecular flexibility index (Phi) is 4.24. The van der Waals surface area contributed by atoms with Crippen LogP contribution in [0.2, 0.25) is 5.02 Å². The van der Waals surface area contributed by atoms with Gasteiger partial charge in [-0.3, -0.25) is 0 Å². The van der Waals surface area contributed by atoms with Gasteiger partial charge in [-0.2, -0.15) is 0 Å². The van der Waals surface area contributed by atoms with Gasteiger partial charge in [0.2, 0.25) is 0 Å². The second-order valence-electron chi connectivity index (χ2n) is 3.95. The predicted molar refractivity (Wildman–Crippen MR) is 63.2 cm³/mol. The molecule has 0 aliphatic rings. The van der Waals surface area contributed by atoms with E-state index in [0.717, 1.165) is 11.6 Å². The summed E-state index contributed by atoms with van der Waals surface area (Å²) in [7, 11) is 0. The Morgan fingerprint density at radius 2 is 1.79 bits per heavy atom. The second-order valence-corrected chi connectivity index (χ2v) is 4.65. The summed E-state index contributed by atoms with van der Waals surface area (Å²) in [6, 6.07) is 8.42. The highest BCUT2D eigenvalue weighted by Crippen LogP contribution is 2.23. The van der Waals surface area contributed by atoms with E-state index in [1.807, 2.05) is 12.1 Å². The van der Waals surface area contributed by atoms with Gasteiger partial charge in [0.15, 0.2) is 0 Å². The molecule has 0 amide bonds. The fourth-order valence-electron chi connectivity index (χ4n) is 1.36. The topological polar surface area (TPSA) is 12.0 Å². The summed E-state index contributed by atoms with van der Waals surface area (Å²) in [6.07, 6.45) is 0. The first-order chi connectivity index (χ1) is 6.56. The Bertz CT molecular complexity index is 280. The highest BCUT2D eigenvalue weighted by molar-refractivity contribution is 6.30. The predicted octanol–water partition coefficient (Wildman–Crippen LogP) is 3.40. The molecule has 1 rings (SSSR count). The molecule has 0 heterocycles. The third kappa shape index (κ3) is 3.16. The number of hydrogen-bond donors (Lipinski definition) is 1. The Balaban J connectivity index is 2.75. The zero-order chi connectivity index (χ0) is 10.6. The third-order valence-corrected chi connectivity index (χ3v) is 2.73. The smallest absolute Gasteiger partial charge is 0.0713 e. The fraction of sp³-hybridized carbons (Fsp3) is 0.455. The molecule has 0 aliphatic heterocycles. The van der Waals surface area contributed by atoms with Gasteiger partial charge in [0.1, 0.15) is 0 Å². The molecule has 1 aromatic rings. The molecule has 0 bridgehead atoms. The average Bonchev–Trinajstić information content (AvgIpc) is 2.16. The number of halogens is 2. The standard InChI is InChI=1S/C11H15Cl2N/c1-11(2,7-14-8-12)9-3-5-10(13)6-4-9/h3-6,14H,7-8H2,1-2H3. The van der Waals surface area contributed by atoms with E-state index in [4.69, 9.17) is 23.2 Å². The van der Waals surface area contributed by atoms with E-state index in [2.05, 4.69) is 31.3 Å². The van der Waals surface area contributed by atoms with Crippen molar-refractivity contribution in [1.82, 2.24) is 5.32 Å². The van der Waals surface area contributed by atoms with Crippen LogP contribution in [0.3, 0.4) is 0 Å². The highest BCUT2D eigenvalue weighted by Gasteiger charge is 2.19. The van der Waals surface area contributed by atoms with Crippen LogP contribution < -0.4 is 5.32 Å². The summed E-state index contributed by atoms with van der Waals surface area (Å²) in [5, 5.41) is 3.91. The van der Waals surface area contributed by atoms with Gasteiger partial charge in [0, 0.05) is 17.0 Å². The first-order valence-corrected chi connectivity index (χ1v) is 5.50. The highest BCUT2D eigenvalue weighted by atomic mass is 35.5. The molecule has 14 heavy (non-hydrogen) atoms. The van der Waals surface area contributed by atoms with Crippen LogP contribution in [0, 0.1) is 0 Å². The molecule has 0 spiro atoms. The quantitative estimate of drug-likeness (QED) is 0.619. The van der Waals surface area contributed by atoms with Crippen LogP contribution in [-0.2, 0) is 5.41 Å². The number of nitrogens with one attached hydrogen (secondary N) is 1. The molecule has 0 atom stereocenters. The van der Waals surface area contributed by atoms with E-state index < -0.39 is 0 Å². The lowest BCUT2D eigenvalue weighted by Crippen LogP contribution is -2.32. The molecule has 1 aromatic carbocycles. The lowest BCUT2D eigenvalue weighted by Gasteiger charge is -2.25. The summed E-state index contributed by atoms with van der Waals surface area (Å²) >= 11 is 11.4. The van der Waals surface area contributed by atoms with E-state index in [1.54, 1.807) is 0 Å². The molecule has 0 unspecified atom stereocenters. The molecule has 0 saturated carbocycles. The van der Waals surface area contributed by atoms with Crippen molar-refractivity contribution in [2.45, 2.75) is 19.3 Å². The molecule has 0 fully saturated rings. The van der Waals surface area contributed by atoms with Crippen molar-refractivity contribution in [3.8, 4) is 0 Å². The minimum Gasteiger partial charge on any atom is -0.303 e. The zero-order valence-corrected chi connectivity index (χ0v) is 9.99. The minimum atomic E-state index is 0.0828. The SMILES string of the molecule is CC(C)(CNCCl)c1ccc(Cl)cc1. The summed E-state index contributed by atoms with van der Waals surface area (Å²) in [6.45, 7) is 5.21. The van der Waals surface area contributed by atoms with Crippen LogP contribution in [0.15, 0.2) is 24.3 Å². The van der Waals surface area contributed by atoms with Gasteiger partial charge in [0.25, 0.3) is 0 Å². The van der Waals surface area contributed by atoms with Gasteiger partial charge >= 0.3 is 0 Å². The number of hydrogen-bond acceptors (Lipinski definition) is 1. The molecule has 0 aromatic heterocycles. The van der Waals surface area contributed by atoms with Crippen LogP contribution in [0.1, 0.15) is 19.4 Å². The van der Waals surface area contributed by atoms with Crippen LogP contribution in [0.4, 0.5) is 0 Å². The van der Waals surface area contributed by atoms with E-state index in [1.165, 1.54) is 5.56 Å². The van der Waals surface area contributed by atoms with Gasteiger partial charge in [-0.05, 0) is 17.7 Å². The summed E-state index contributed by atoms with van der Waals surface area (Å²) < 4.78 is 0. The largest absolute Gasteiger partial charge is 0.303 e. The maximum Gasteiger partial charge on any atom is 0.0713 e. The lowest BCUT2D eigenvalue weighted by atomic mass is 9.85. The normalized spacial score (nSPS) is 11.7. The minimum absolute atomic E-state index is 0.0828. The van der Waals surface area contributed by atoms with Crippen molar-refractivity contribution in [1.29, 1.82) is 0 Å². The molecule has 0 aliphatic carbocycles. The van der Waals surface area contributed by atoms with Crippen molar-refractivity contribution in [3.63, 3.8) is 0 Å². The first-order valence-electron chi connectivity index (χ1n) is 4.59. The summed E-state index contributed by atoms with van der Waals surface area (Å²) in [5.41, 5.74) is 1.35. The van der Waals surface area contributed by atoms with E-state index in [9.17, 15) is 0 Å². The van der Waals surface area contributed by atoms with Crippen LogP contribution >= 0.6 is 23.2 Å². The molecule has 0 saturated heterocycles. The Labute approximate surface area is 95.4 Å². The van der Waals surface area contributed by atoms with Crippen molar-refractivity contribution >= 4 is 23.2 Å². The monoisotopic (exact) mass is 231 g/mol. The number of benzene rings is 1. The lowest BCUT2D eigenvalue weighted by molar-refractivity contribution is 0.489. The Morgan fingerprint density at radius 3 is 2.29 bits per heavy atom. The van der Waals surface area contributed by atoms with Gasteiger partial charge < -0.3 is 5.32 Å². The van der Waals surface area contributed by atoms with Gasteiger partial charge in [-0.25, -0.2) is 0 Å². The Hall–Kier alpha value is -0.240. The van der Waals surface area contributed by atoms with Crippen LogP contribution in [0.25, 0.3) is 0 Å². The molecule has 1 nitrogen and oxygen atoms in total. The summed E-state index contributed by atoms with van der Waals surface area (Å²) in [4.78, 5) is 0. The molecule has 3 heteroatoms. The van der Waals surface area contributed by atoms with Crippen molar-refractivity contribution in [2.24, 2.45) is 0 Å². The molecular formula is C11H15Cl2N. The fourth-order valence-corrected chi connectivity index (χ4v) is 1.58. The number of alkyl halides is 1. The van der Waals surface area contributed by atoms with Gasteiger partial charge in [0.05, 0.1) is 6.00 Å². The van der Waals surface area contributed by atoms with Crippen LogP contribution in [-0.4, -0.2) is 12.5 Å². The average molecular weight is 232 g/mol. The third-order valence-electron chi connectivity index (χ3n) is 2.29. The molecule has 78 valence electrons. The number of rotatable bonds is 4. The van der Waals surface area contributed by atoms with Crippen LogP contribution in [0.5, 0.6) is 0 Å². The van der Waals surface area contributed by atoms with E-state index >= 15 is 0 Å². The van der Waals surface area contributed by atoms with Crippen molar-refractivity contribution < 1.29 is 0 Å². The maximum atomic E-state index is 5.83. The van der Waals surface area contributed by atoms with Gasteiger partial charge in [-0.15, -0.1) is 11.6 Å². The summed E-state index contributed by atoms with van der Waals surface area (Å²) in [5.74, 6) is 0. The van der Waals surface area contributed by atoms with Gasteiger partial charge in [-0.1, -0.05) is 37.6 Å². The second kappa shape index (κ2) is 5.01.